The molecule has 0 radical (unpaired) electrons. The monoisotopic (exact) mass is 259 g/mol. The topological polar surface area (TPSA) is 41.5 Å². The van der Waals surface area contributed by atoms with Gasteiger partial charge in [-0.2, -0.15) is 8.78 Å². The first-order valence-corrected chi connectivity index (χ1v) is 5.92. The Hall–Kier alpha value is -1.20. The second-order valence-electron chi connectivity index (χ2n) is 4.45. The molecule has 18 heavy (non-hydrogen) atoms. The SMILES string of the molecule is CC(C)CNC(CO)c1ccccc1OC(F)F. The summed E-state index contributed by atoms with van der Waals surface area (Å²) < 4.78 is 29.0. The molecule has 0 aromatic heterocycles. The van der Waals surface area contributed by atoms with Crippen molar-refractivity contribution in [2.75, 3.05) is 13.2 Å². The van der Waals surface area contributed by atoms with E-state index in [1.165, 1.54) is 6.07 Å². The van der Waals surface area contributed by atoms with Crippen LogP contribution in [0, 0.1) is 5.92 Å². The van der Waals surface area contributed by atoms with Crippen molar-refractivity contribution in [2.45, 2.75) is 26.5 Å². The van der Waals surface area contributed by atoms with E-state index in [1.807, 2.05) is 13.8 Å². The summed E-state index contributed by atoms with van der Waals surface area (Å²) in [6, 6.07) is 6.10. The predicted molar refractivity (Wildman–Crippen MR) is 65.7 cm³/mol. The number of aliphatic hydroxyl groups is 1. The number of rotatable bonds is 7. The summed E-state index contributed by atoms with van der Waals surface area (Å²) >= 11 is 0. The van der Waals surface area contributed by atoms with Crippen molar-refractivity contribution < 1.29 is 18.6 Å². The van der Waals surface area contributed by atoms with Gasteiger partial charge in [0, 0.05) is 5.56 Å². The van der Waals surface area contributed by atoms with E-state index >= 15 is 0 Å². The van der Waals surface area contributed by atoms with E-state index in [-0.39, 0.29) is 12.4 Å². The van der Waals surface area contributed by atoms with E-state index in [9.17, 15) is 13.9 Å². The highest BCUT2D eigenvalue weighted by molar-refractivity contribution is 5.36. The van der Waals surface area contributed by atoms with E-state index in [4.69, 9.17) is 0 Å². The third kappa shape index (κ3) is 4.58. The highest BCUT2D eigenvalue weighted by Crippen LogP contribution is 2.26. The number of alkyl halides is 2. The van der Waals surface area contributed by atoms with Crippen LogP contribution in [0.15, 0.2) is 24.3 Å². The van der Waals surface area contributed by atoms with Crippen molar-refractivity contribution in [1.82, 2.24) is 5.32 Å². The Morgan fingerprint density at radius 1 is 1.28 bits per heavy atom. The van der Waals surface area contributed by atoms with E-state index in [0.717, 1.165) is 0 Å². The summed E-state index contributed by atoms with van der Waals surface area (Å²) in [5, 5.41) is 12.5. The fourth-order valence-corrected chi connectivity index (χ4v) is 1.62. The van der Waals surface area contributed by atoms with Crippen LogP contribution in [0.2, 0.25) is 0 Å². The molecule has 0 spiro atoms. The highest BCUT2D eigenvalue weighted by atomic mass is 19.3. The molecule has 3 nitrogen and oxygen atoms in total. The quantitative estimate of drug-likeness (QED) is 0.790. The predicted octanol–water partition coefficient (Wildman–Crippen LogP) is 2.57. The lowest BCUT2D eigenvalue weighted by atomic mass is 10.1. The molecule has 0 bridgehead atoms. The first-order valence-electron chi connectivity index (χ1n) is 5.92. The van der Waals surface area contributed by atoms with Crippen molar-refractivity contribution in [3.05, 3.63) is 29.8 Å². The lowest BCUT2D eigenvalue weighted by Crippen LogP contribution is -2.28. The summed E-state index contributed by atoms with van der Waals surface area (Å²) in [5.74, 6) is 0.505. The zero-order valence-electron chi connectivity index (χ0n) is 10.6. The van der Waals surface area contributed by atoms with Gasteiger partial charge in [-0.3, -0.25) is 0 Å². The van der Waals surface area contributed by atoms with E-state index in [0.29, 0.717) is 18.0 Å². The number of halogens is 2. The van der Waals surface area contributed by atoms with Crippen molar-refractivity contribution in [3.8, 4) is 5.75 Å². The van der Waals surface area contributed by atoms with Gasteiger partial charge in [0.15, 0.2) is 0 Å². The zero-order valence-corrected chi connectivity index (χ0v) is 10.6. The Balaban J connectivity index is 2.83. The number of hydrogen-bond donors (Lipinski definition) is 2. The van der Waals surface area contributed by atoms with Gasteiger partial charge in [0.2, 0.25) is 0 Å². The van der Waals surface area contributed by atoms with Gasteiger partial charge in [0.05, 0.1) is 12.6 Å². The minimum atomic E-state index is -2.87. The number of benzene rings is 1. The van der Waals surface area contributed by atoms with Crippen molar-refractivity contribution in [2.24, 2.45) is 5.92 Å². The van der Waals surface area contributed by atoms with Crippen molar-refractivity contribution in [1.29, 1.82) is 0 Å². The van der Waals surface area contributed by atoms with Gasteiger partial charge in [-0.15, -0.1) is 0 Å². The fraction of sp³-hybridized carbons (Fsp3) is 0.538. The number of para-hydroxylation sites is 1. The number of hydrogen-bond acceptors (Lipinski definition) is 3. The van der Waals surface area contributed by atoms with Gasteiger partial charge < -0.3 is 15.2 Å². The van der Waals surface area contributed by atoms with Crippen molar-refractivity contribution >= 4 is 0 Å². The van der Waals surface area contributed by atoms with Crippen LogP contribution in [0.1, 0.15) is 25.5 Å². The fourth-order valence-electron chi connectivity index (χ4n) is 1.62. The van der Waals surface area contributed by atoms with Gasteiger partial charge in [0.25, 0.3) is 0 Å². The largest absolute Gasteiger partial charge is 0.434 e. The second kappa shape index (κ2) is 7.28. The van der Waals surface area contributed by atoms with Crippen LogP contribution in [-0.2, 0) is 0 Å². The molecule has 0 saturated heterocycles. The summed E-state index contributed by atoms with van der Waals surface area (Å²) in [6.45, 7) is 1.71. The molecule has 1 rings (SSSR count). The van der Waals surface area contributed by atoms with E-state index < -0.39 is 12.7 Å². The van der Waals surface area contributed by atoms with Crippen LogP contribution < -0.4 is 10.1 Å². The maximum atomic E-state index is 12.3. The Kier molecular flexibility index (Phi) is 6.01. The lowest BCUT2D eigenvalue weighted by Gasteiger charge is -2.20. The second-order valence-corrected chi connectivity index (χ2v) is 4.45. The van der Waals surface area contributed by atoms with Crippen LogP contribution in [0.3, 0.4) is 0 Å². The number of aliphatic hydroxyl groups excluding tert-OH is 1. The van der Waals surface area contributed by atoms with Crippen LogP contribution in [0.5, 0.6) is 5.75 Å². The van der Waals surface area contributed by atoms with Gasteiger partial charge in [0.1, 0.15) is 5.75 Å². The van der Waals surface area contributed by atoms with Gasteiger partial charge >= 0.3 is 6.61 Å². The zero-order chi connectivity index (χ0) is 13.5. The van der Waals surface area contributed by atoms with Gasteiger partial charge in [-0.25, -0.2) is 0 Å². The standard InChI is InChI=1S/C13H19F2NO2/c1-9(2)7-16-11(8-17)10-5-3-4-6-12(10)18-13(14)15/h3-6,9,11,13,16-17H,7-8H2,1-2H3. The minimum Gasteiger partial charge on any atom is -0.434 e. The van der Waals surface area contributed by atoms with Gasteiger partial charge in [-0.05, 0) is 18.5 Å². The van der Waals surface area contributed by atoms with E-state index in [1.54, 1.807) is 18.2 Å². The molecule has 0 fully saturated rings. The molecular formula is C13H19F2NO2. The van der Waals surface area contributed by atoms with Crippen molar-refractivity contribution in [3.63, 3.8) is 0 Å². The molecule has 5 heteroatoms. The van der Waals surface area contributed by atoms with Crippen LogP contribution >= 0.6 is 0 Å². The molecule has 0 amide bonds. The molecule has 1 unspecified atom stereocenters. The normalized spacial score (nSPS) is 13.1. The molecular weight excluding hydrogens is 240 g/mol. The summed E-state index contributed by atoms with van der Waals surface area (Å²) in [4.78, 5) is 0. The first-order chi connectivity index (χ1) is 8.54. The van der Waals surface area contributed by atoms with Gasteiger partial charge in [-0.1, -0.05) is 32.0 Å². The number of nitrogens with one attached hydrogen (secondary N) is 1. The Labute approximate surface area is 106 Å². The average Bonchev–Trinajstić information content (AvgIpc) is 2.30. The summed E-state index contributed by atoms with van der Waals surface area (Å²) in [7, 11) is 0. The molecule has 0 aliphatic rings. The smallest absolute Gasteiger partial charge is 0.387 e. The summed E-state index contributed by atoms with van der Waals surface area (Å²) in [6.07, 6.45) is 0. The third-order valence-electron chi connectivity index (χ3n) is 2.47. The van der Waals surface area contributed by atoms with E-state index in [2.05, 4.69) is 10.1 Å². The third-order valence-corrected chi connectivity index (χ3v) is 2.47. The number of ether oxygens (including phenoxy) is 1. The van der Waals surface area contributed by atoms with Crippen LogP contribution in [0.4, 0.5) is 8.78 Å². The molecule has 1 aromatic carbocycles. The minimum absolute atomic E-state index is 0.0998. The van der Waals surface area contributed by atoms with Crippen LogP contribution in [0.25, 0.3) is 0 Å². The Morgan fingerprint density at radius 2 is 1.94 bits per heavy atom. The first kappa shape index (κ1) is 14.9. The Bertz CT molecular complexity index is 359. The summed E-state index contributed by atoms with van der Waals surface area (Å²) in [5.41, 5.74) is 0.543. The molecule has 0 heterocycles. The molecule has 0 aliphatic carbocycles. The highest BCUT2D eigenvalue weighted by Gasteiger charge is 2.17. The molecule has 2 N–H and O–H groups in total. The molecule has 1 atom stereocenters. The average molecular weight is 259 g/mol. The maximum Gasteiger partial charge on any atom is 0.387 e. The van der Waals surface area contributed by atoms with Crippen LogP contribution in [-0.4, -0.2) is 24.9 Å². The molecule has 0 saturated carbocycles. The lowest BCUT2D eigenvalue weighted by molar-refractivity contribution is -0.0509. The molecule has 1 aromatic rings. The molecule has 0 aliphatic heterocycles. The Morgan fingerprint density at radius 3 is 2.50 bits per heavy atom. The molecule has 102 valence electrons. The maximum absolute atomic E-state index is 12.3.